The molecule has 1 aliphatic carbocycles. The highest BCUT2D eigenvalue weighted by atomic mass is 16.5. The number of rotatable bonds is 2. The number of carbonyl (C=O) groups is 2. The number of hydrogen-bond donors (Lipinski definition) is 2. The van der Waals surface area contributed by atoms with Crippen molar-refractivity contribution in [3.8, 4) is 0 Å². The van der Waals surface area contributed by atoms with Crippen LogP contribution < -0.4 is 11.5 Å². The Labute approximate surface area is 113 Å². The summed E-state index contributed by atoms with van der Waals surface area (Å²) in [4.78, 5) is 25.6. The minimum Gasteiger partial charge on any atom is -0.377 e. The lowest BCUT2D eigenvalue weighted by Crippen LogP contribution is -2.57. The van der Waals surface area contributed by atoms with Crippen LogP contribution in [0.4, 0.5) is 0 Å². The van der Waals surface area contributed by atoms with E-state index in [2.05, 4.69) is 6.92 Å². The molecule has 6 heteroatoms. The number of morpholine rings is 1. The Morgan fingerprint density at radius 1 is 1.26 bits per heavy atom. The molecule has 4 atom stereocenters. The molecule has 2 amide bonds. The average molecular weight is 269 g/mol. The van der Waals surface area contributed by atoms with Gasteiger partial charge in [0, 0.05) is 18.5 Å². The van der Waals surface area contributed by atoms with Gasteiger partial charge in [0.15, 0.2) is 0 Å². The molecule has 1 saturated carbocycles. The van der Waals surface area contributed by atoms with Crippen LogP contribution >= 0.6 is 0 Å². The van der Waals surface area contributed by atoms with Gasteiger partial charge in [-0.05, 0) is 25.2 Å². The first-order chi connectivity index (χ1) is 8.99. The number of amides is 2. The summed E-state index contributed by atoms with van der Waals surface area (Å²) in [5.41, 5.74) is 11.3. The van der Waals surface area contributed by atoms with Crippen molar-refractivity contribution in [3.63, 3.8) is 0 Å². The Hall–Kier alpha value is -1.14. The highest BCUT2D eigenvalue weighted by molar-refractivity contribution is 5.88. The van der Waals surface area contributed by atoms with Crippen molar-refractivity contribution in [2.24, 2.45) is 23.3 Å². The lowest BCUT2D eigenvalue weighted by atomic mass is 9.79. The molecule has 0 aromatic heterocycles. The zero-order valence-electron chi connectivity index (χ0n) is 11.4. The molecule has 6 nitrogen and oxygen atoms in total. The van der Waals surface area contributed by atoms with Crippen molar-refractivity contribution in [1.29, 1.82) is 0 Å². The summed E-state index contributed by atoms with van der Waals surface area (Å²) in [6.07, 6.45) is 2.51. The van der Waals surface area contributed by atoms with Gasteiger partial charge in [0.25, 0.3) is 0 Å². The van der Waals surface area contributed by atoms with Crippen LogP contribution in [0, 0.1) is 11.8 Å². The van der Waals surface area contributed by atoms with E-state index in [1.54, 1.807) is 4.90 Å². The van der Waals surface area contributed by atoms with E-state index in [1.165, 1.54) is 0 Å². The summed E-state index contributed by atoms with van der Waals surface area (Å²) in [6.45, 7) is 3.22. The Balaban J connectivity index is 2.06. The Morgan fingerprint density at radius 2 is 2.00 bits per heavy atom. The second-order valence-electron chi connectivity index (χ2n) is 5.79. The maximum Gasteiger partial charge on any atom is 0.242 e. The van der Waals surface area contributed by atoms with Crippen LogP contribution in [0.5, 0.6) is 0 Å². The third kappa shape index (κ3) is 3.25. The van der Waals surface area contributed by atoms with Crippen molar-refractivity contribution < 1.29 is 14.3 Å². The second kappa shape index (κ2) is 5.88. The number of carbonyl (C=O) groups excluding carboxylic acids is 2. The first kappa shape index (κ1) is 14.3. The van der Waals surface area contributed by atoms with Gasteiger partial charge in [0.1, 0.15) is 6.04 Å². The molecule has 2 rings (SSSR count). The predicted octanol–water partition coefficient (Wildman–Crippen LogP) is -0.537. The summed E-state index contributed by atoms with van der Waals surface area (Å²) in [6, 6.07) is -0.555. The van der Waals surface area contributed by atoms with Crippen LogP contribution in [-0.4, -0.2) is 48.6 Å². The molecule has 0 aromatic carbocycles. The van der Waals surface area contributed by atoms with Gasteiger partial charge >= 0.3 is 0 Å². The van der Waals surface area contributed by atoms with Crippen molar-refractivity contribution in [1.82, 2.24) is 4.90 Å². The highest BCUT2D eigenvalue weighted by Crippen LogP contribution is 2.30. The maximum atomic E-state index is 12.6. The fraction of sp³-hybridized carbons (Fsp3) is 0.846. The maximum absolute atomic E-state index is 12.6. The smallest absolute Gasteiger partial charge is 0.242 e. The number of ether oxygens (including phenoxy) is 1. The molecule has 0 bridgehead atoms. The second-order valence-corrected chi connectivity index (χ2v) is 5.79. The SMILES string of the molecule is CC1CC(N)CC(C(=O)N2CCOCC2C(N)=O)C1. The Bertz CT molecular complexity index is 351. The van der Waals surface area contributed by atoms with Crippen molar-refractivity contribution in [2.75, 3.05) is 19.8 Å². The molecular weight excluding hydrogens is 246 g/mol. The minimum atomic E-state index is -0.630. The van der Waals surface area contributed by atoms with Crippen LogP contribution in [0.25, 0.3) is 0 Å². The predicted molar refractivity (Wildman–Crippen MR) is 70.0 cm³/mol. The van der Waals surface area contributed by atoms with Gasteiger partial charge in [0.05, 0.1) is 13.2 Å². The van der Waals surface area contributed by atoms with E-state index in [0.717, 1.165) is 12.8 Å². The third-order valence-electron chi connectivity index (χ3n) is 4.07. The van der Waals surface area contributed by atoms with Crippen LogP contribution in [-0.2, 0) is 14.3 Å². The van der Waals surface area contributed by atoms with Crippen LogP contribution in [0.3, 0.4) is 0 Å². The minimum absolute atomic E-state index is 0.00843. The van der Waals surface area contributed by atoms with Crippen LogP contribution in [0.1, 0.15) is 26.2 Å². The zero-order chi connectivity index (χ0) is 14.0. The number of primary amides is 1. The van der Waals surface area contributed by atoms with Gasteiger partial charge in [-0.25, -0.2) is 0 Å². The van der Waals surface area contributed by atoms with Crippen molar-refractivity contribution in [3.05, 3.63) is 0 Å². The van der Waals surface area contributed by atoms with Gasteiger partial charge in [-0.15, -0.1) is 0 Å². The average Bonchev–Trinajstić information content (AvgIpc) is 2.36. The van der Waals surface area contributed by atoms with Gasteiger partial charge in [-0.3, -0.25) is 9.59 Å². The summed E-state index contributed by atoms with van der Waals surface area (Å²) >= 11 is 0. The molecule has 1 aliphatic heterocycles. The molecular formula is C13H23N3O3. The van der Waals surface area contributed by atoms with E-state index in [1.807, 2.05) is 0 Å². The largest absolute Gasteiger partial charge is 0.377 e. The normalized spacial score (nSPS) is 36.0. The zero-order valence-corrected chi connectivity index (χ0v) is 11.4. The molecule has 0 spiro atoms. The van der Waals surface area contributed by atoms with E-state index < -0.39 is 11.9 Å². The number of nitrogens with zero attached hydrogens (tertiary/aromatic N) is 1. The van der Waals surface area contributed by atoms with E-state index in [-0.39, 0.29) is 24.5 Å². The van der Waals surface area contributed by atoms with Crippen LogP contribution in [0.2, 0.25) is 0 Å². The van der Waals surface area contributed by atoms with Gasteiger partial charge in [-0.1, -0.05) is 6.92 Å². The van der Waals surface area contributed by atoms with E-state index >= 15 is 0 Å². The molecule has 108 valence electrons. The van der Waals surface area contributed by atoms with Crippen molar-refractivity contribution >= 4 is 11.8 Å². The molecule has 0 aromatic rings. The fourth-order valence-electron chi connectivity index (χ4n) is 3.20. The summed E-state index contributed by atoms with van der Waals surface area (Å²) < 4.78 is 5.23. The van der Waals surface area contributed by atoms with E-state index in [0.29, 0.717) is 25.5 Å². The van der Waals surface area contributed by atoms with Gasteiger partial charge < -0.3 is 21.1 Å². The monoisotopic (exact) mass is 269 g/mol. The molecule has 2 fully saturated rings. The molecule has 1 saturated heterocycles. The van der Waals surface area contributed by atoms with Gasteiger partial charge in [0.2, 0.25) is 11.8 Å². The number of hydrogen-bond acceptors (Lipinski definition) is 4. The summed E-state index contributed by atoms with van der Waals surface area (Å²) in [5.74, 6) is -0.125. The quantitative estimate of drug-likeness (QED) is 0.703. The molecule has 4 unspecified atom stereocenters. The highest BCUT2D eigenvalue weighted by Gasteiger charge is 2.37. The van der Waals surface area contributed by atoms with E-state index in [4.69, 9.17) is 16.2 Å². The first-order valence-electron chi connectivity index (χ1n) is 6.92. The number of nitrogens with two attached hydrogens (primary N) is 2. The molecule has 2 aliphatic rings. The summed E-state index contributed by atoms with van der Waals surface area (Å²) in [7, 11) is 0. The summed E-state index contributed by atoms with van der Waals surface area (Å²) in [5, 5.41) is 0. The lowest BCUT2D eigenvalue weighted by Gasteiger charge is -2.38. The third-order valence-corrected chi connectivity index (χ3v) is 4.07. The van der Waals surface area contributed by atoms with E-state index in [9.17, 15) is 9.59 Å². The Kier molecular flexibility index (Phi) is 4.42. The topological polar surface area (TPSA) is 98.7 Å². The Morgan fingerprint density at radius 3 is 2.63 bits per heavy atom. The van der Waals surface area contributed by atoms with Crippen LogP contribution in [0.15, 0.2) is 0 Å². The first-order valence-corrected chi connectivity index (χ1v) is 6.92. The van der Waals surface area contributed by atoms with Crippen molar-refractivity contribution in [2.45, 2.75) is 38.3 Å². The lowest BCUT2D eigenvalue weighted by molar-refractivity contribution is -0.151. The molecule has 4 N–H and O–H groups in total. The molecule has 19 heavy (non-hydrogen) atoms. The molecule has 1 heterocycles. The fourth-order valence-corrected chi connectivity index (χ4v) is 3.20. The van der Waals surface area contributed by atoms with Gasteiger partial charge in [-0.2, -0.15) is 0 Å². The molecule has 0 radical (unpaired) electrons. The standard InChI is InChI=1S/C13H23N3O3/c1-8-4-9(6-10(14)5-8)13(18)16-2-3-19-7-11(16)12(15)17/h8-11H,2-7,14H2,1H3,(H2,15,17).